The molecule has 0 saturated heterocycles. The first-order chi connectivity index (χ1) is 31.9. The maximum absolute atomic E-state index is 14.0. The maximum atomic E-state index is 14.0. The van der Waals surface area contributed by atoms with Gasteiger partial charge in [-0.1, -0.05) is 38.5 Å². The van der Waals surface area contributed by atoms with Crippen LogP contribution in [0.25, 0.3) is 10.9 Å². The summed E-state index contributed by atoms with van der Waals surface area (Å²) in [5.74, 6) is -14.5. The Morgan fingerprint density at radius 1 is 0.632 bits per heavy atom. The number of aromatic nitrogens is 1. The Bertz CT molecular complexity index is 2190. The van der Waals surface area contributed by atoms with E-state index in [0.717, 1.165) is 0 Å². The van der Waals surface area contributed by atoms with Gasteiger partial charge in [-0.2, -0.15) is 0 Å². The van der Waals surface area contributed by atoms with Gasteiger partial charge in [0.05, 0.1) is 18.9 Å². The van der Waals surface area contributed by atoms with Gasteiger partial charge in [0.2, 0.25) is 41.4 Å². The van der Waals surface area contributed by atoms with Gasteiger partial charge in [0.15, 0.2) is 5.96 Å². The Morgan fingerprint density at radius 3 is 1.74 bits per heavy atom. The van der Waals surface area contributed by atoms with Crippen molar-refractivity contribution in [2.45, 2.75) is 120 Å². The number of hydrogen-bond acceptors (Lipinski definition) is 13. The molecule has 19 N–H and O–H groups in total. The number of carbonyl (C=O) groups is 11. The standard InChI is InChI=1S/C41H60N12O15/c1-3-19(2)33(39(66)52-28(40(67)68)16-29(43)54)53-36(63)25(11-13-31(57)58)49-35(62)24(9-6-14-46-41(44)45)48-38(65)27(17-32(59)60)51-37(64)26(50-34(61)22(42)10-12-30(55)56)15-20-18-47-23-8-5-4-7-21(20)23/h4-5,7-8,18-19,22,24-28,33,47H,3,6,9-17,42H2,1-2H3,(H2,43,54)(H,48,65)(H,49,62)(H,50,61)(H,51,64)(H,52,66)(H,53,63)(H,55,56)(H,57,58)(H,59,60)(H,67,68)(H4,44,45,46). The summed E-state index contributed by atoms with van der Waals surface area (Å²) in [5.41, 5.74) is 23.0. The van der Waals surface area contributed by atoms with Gasteiger partial charge in [0.1, 0.15) is 36.3 Å². The number of guanidine groups is 1. The Morgan fingerprint density at radius 2 is 1.16 bits per heavy atom. The van der Waals surface area contributed by atoms with Crippen LogP contribution in [0.3, 0.4) is 0 Å². The molecule has 0 radical (unpaired) electrons. The van der Waals surface area contributed by atoms with Crippen molar-refractivity contribution in [2.75, 3.05) is 6.54 Å². The average Bonchev–Trinajstić information content (AvgIpc) is 3.67. The molecule has 27 nitrogen and oxygen atoms in total. The normalized spacial score (nSPS) is 14.5. The molecule has 8 atom stereocenters. The van der Waals surface area contributed by atoms with E-state index in [-0.39, 0.29) is 44.6 Å². The zero-order chi connectivity index (χ0) is 51.2. The lowest BCUT2D eigenvalue weighted by molar-refractivity contribution is -0.144. The second-order valence-electron chi connectivity index (χ2n) is 15.8. The molecule has 0 aliphatic heterocycles. The number of carbonyl (C=O) groups excluding carboxylic acids is 7. The lowest BCUT2D eigenvalue weighted by atomic mass is 9.97. The van der Waals surface area contributed by atoms with Crippen molar-refractivity contribution in [3.8, 4) is 0 Å². The van der Waals surface area contributed by atoms with Crippen LogP contribution in [0.1, 0.15) is 77.2 Å². The molecule has 8 unspecified atom stereocenters. The number of aliphatic imine (C=N–C) groups is 1. The molecule has 7 amide bonds. The summed E-state index contributed by atoms with van der Waals surface area (Å²) in [6.45, 7) is 3.04. The first-order valence-corrected chi connectivity index (χ1v) is 21.3. The highest BCUT2D eigenvalue weighted by molar-refractivity contribution is 5.99. The highest BCUT2D eigenvalue weighted by Crippen LogP contribution is 2.20. The number of aliphatic carboxylic acids is 4. The molecule has 2 aromatic rings. The molecule has 0 aliphatic rings. The number of benzene rings is 1. The van der Waals surface area contributed by atoms with Gasteiger partial charge in [0.25, 0.3) is 0 Å². The molecule has 0 aliphatic carbocycles. The molecule has 0 fully saturated rings. The average molecular weight is 961 g/mol. The molecule has 68 heavy (non-hydrogen) atoms. The number of H-pyrrole nitrogens is 1. The molecule has 2 rings (SSSR count). The van der Waals surface area contributed by atoms with Gasteiger partial charge in [-0.25, -0.2) is 4.79 Å². The van der Waals surface area contributed by atoms with Crippen LogP contribution in [0.15, 0.2) is 35.5 Å². The van der Waals surface area contributed by atoms with Crippen LogP contribution in [0.5, 0.6) is 0 Å². The van der Waals surface area contributed by atoms with E-state index in [9.17, 15) is 68.1 Å². The SMILES string of the molecule is CCC(C)C(NC(=O)C(CCC(=O)O)NC(=O)C(CCCN=C(N)N)NC(=O)C(CC(=O)O)NC(=O)C(Cc1c[nH]c2ccccc12)NC(=O)C(N)CCC(=O)O)C(=O)NC(CC(N)=O)C(=O)O. The van der Waals surface area contributed by atoms with Crippen LogP contribution in [0, 0.1) is 5.92 Å². The molecular formula is C41H60N12O15. The zero-order valence-electron chi connectivity index (χ0n) is 37.3. The fourth-order valence-corrected chi connectivity index (χ4v) is 6.55. The monoisotopic (exact) mass is 960 g/mol. The molecule has 1 aromatic carbocycles. The number of amides is 7. The molecule has 0 spiro atoms. The van der Waals surface area contributed by atoms with Gasteiger partial charge in [-0.15, -0.1) is 0 Å². The van der Waals surface area contributed by atoms with Crippen molar-refractivity contribution < 1.29 is 73.2 Å². The van der Waals surface area contributed by atoms with Crippen molar-refractivity contribution in [3.05, 3.63) is 36.0 Å². The summed E-state index contributed by atoms with van der Waals surface area (Å²) in [4.78, 5) is 147. The number of aromatic amines is 1. The summed E-state index contributed by atoms with van der Waals surface area (Å²) >= 11 is 0. The zero-order valence-corrected chi connectivity index (χ0v) is 37.3. The largest absolute Gasteiger partial charge is 0.481 e. The van der Waals surface area contributed by atoms with E-state index < -0.39 is 146 Å². The number of primary amides is 1. The van der Waals surface area contributed by atoms with Crippen LogP contribution < -0.4 is 54.8 Å². The van der Waals surface area contributed by atoms with E-state index in [2.05, 4.69) is 41.9 Å². The van der Waals surface area contributed by atoms with E-state index >= 15 is 0 Å². The Kier molecular flexibility index (Phi) is 22.8. The summed E-state index contributed by atoms with van der Waals surface area (Å²) < 4.78 is 0. The quantitative estimate of drug-likeness (QED) is 0.0196. The van der Waals surface area contributed by atoms with Crippen molar-refractivity contribution >= 4 is 82.1 Å². The van der Waals surface area contributed by atoms with Crippen LogP contribution >= 0.6 is 0 Å². The van der Waals surface area contributed by atoms with E-state index in [0.29, 0.717) is 16.5 Å². The summed E-state index contributed by atoms with van der Waals surface area (Å²) in [5, 5.41) is 52.4. The van der Waals surface area contributed by atoms with E-state index in [1.807, 2.05) is 0 Å². The van der Waals surface area contributed by atoms with Gasteiger partial charge in [-0.05, 0) is 43.2 Å². The van der Waals surface area contributed by atoms with E-state index in [4.69, 9.17) is 28.0 Å². The summed E-state index contributed by atoms with van der Waals surface area (Å²) in [6, 6.07) is -4.63. The maximum Gasteiger partial charge on any atom is 0.326 e. The second kappa shape index (κ2) is 27.6. The molecule has 374 valence electrons. The third-order valence-electron chi connectivity index (χ3n) is 10.4. The van der Waals surface area contributed by atoms with Crippen LogP contribution in [-0.2, 0) is 59.2 Å². The number of carboxylic acids is 4. The number of carboxylic acid groups (broad SMARTS) is 4. The molecule has 27 heteroatoms. The molecule has 1 heterocycles. The minimum absolute atomic E-state index is 0.0363. The number of nitrogens with two attached hydrogens (primary N) is 4. The van der Waals surface area contributed by atoms with Crippen molar-refractivity contribution in [1.29, 1.82) is 0 Å². The fraction of sp³-hybridized carbons (Fsp3) is 0.512. The topological polar surface area (TPSA) is 473 Å². The first kappa shape index (κ1) is 56.3. The molecule has 0 saturated carbocycles. The lowest BCUT2D eigenvalue weighted by Crippen LogP contribution is -2.60. The fourth-order valence-electron chi connectivity index (χ4n) is 6.55. The lowest BCUT2D eigenvalue weighted by Gasteiger charge is -2.29. The Labute approximate surface area is 388 Å². The summed E-state index contributed by atoms with van der Waals surface area (Å²) in [6.07, 6.45) is -2.76. The van der Waals surface area contributed by atoms with Gasteiger partial charge >= 0.3 is 23.9 Å². The molecule has 0 bridgehead atoms. The van der Waals surface area contributed by atoms with Crippen molar-refractivity contribution in [2.24, 2.45) is 33.8 Å². The third kappa shape index (κ3) is 19.3. The van der Waals surface area contributed by atoms with Crippen molar-refractivity contribution in [3.63, 3.8) is 0 Å². The highest BCUT2D eigenvalue weighted by Gasteiger charge is 2.36. The third-order valence-corrected chi connectivity index (χ3v) is 10.4. The van der Waals surface area contributed by atoms with Gasteiger partial charge in [-0.3, -0.25) is 52.9 Å². The number of hydrogen-bond donors (Lipinski definition) is 15. The second-order valence-corrected chi connectivity index (χ2v) is 15.8. The van der Waals surface area contributed by atoms with Gasteiger partial charge in [0, 0.05) is 42.9 Å². The number of fused-ring (bicyclic) bond motifs is 1. The number of rotatable bonds is 31. The smallest absolute Gasteiger partial charge is 0.326 e. The number of para-hydroxylation sites is 1. The first-order valence-electron chi connectivity index (χ1n) is 21.3. The van der Waals surface area contributed by atoms with Crippen molar-refractivity contribution in [1.82, 2.24) is 36.9 Å². The minimum Gasteiger partial charge on any atom is -0.481 e. The van der Waals surface area contributed by atoms with Crippen LogP contribution in [0.2, 0.25) is 0 Å². The molecule has 1 aromatic heterocycles. The van der Waals surface area contributed by atoms with Crippen LogP contribution in [0.4, 0.5) is 0 Å². The minimum atomic E-state index is -1.94. The molecular weight excluding hydrogens is 901 g/mol. The van der Waals surface area contributed by atoms with Gasteiger partial charge < -0.3 is 80.2 Å². The Hall–Kier alpha value is -7.84. The van der Waals surface area contributed by atoms with E-state index in [1.54, 1.807) is 37.4 Å². The van der Waals surface area contributed by atoms with Crippen LogP contribution in [-0.4, -0.2) is 145 Å². The number of nitrogens with zero attached hydrogens (tertiary/aromatic N) is 1. The number of nitrogens with one attached hydrogen (secondary N) is 7. The van der Waals surface area contributed by atoms with E-state index in [1.165, 1.54) is 6.92 Å². The highest BCUT2D eigenvalue weighted by atomic mass is 16.4. The predicted octanol–water partition coefficient (Wildman–Crippen LogP) is -3.79. The Balaban J connectivity index is 2.49. The summed E-state index contributed by atoms with van der Waals surface area (Å²) in [7, 11) is 0. The predicted molar refractivity (Wildman–Crippen MR) is 238 cm³/mol.